The molecule has 1 atom stereocenters. The number of nitrogens with zero attached hydrogens (tertiary/aromatic N) is 2. The second-order valence-corrected chi connectivity index (χ2v) is 4.21. The molecule has 1 saturated carbocycles. The Balaban J connectivity index is 1.92. The topological polar surface area (TPSA) is 33.2 Å². The zero-order valence-electron chi connectivity index (χ0n) is 9.02. The van der Waals surface area contributed by atoms with Crippen molar-refractivity contribution in [2.24, 2.45) is 0 Å². The van der Waals surface area contributed by atoms with Gasteiger partial charge in [0, 0.05) is 37.8 Å². The van der Waals surface area contributed by atoms with Crippen LogP contribution >= 0.6 is 0 Å². The third kappa shape index (κ3) is 2.63. The Labute approximate surface area is 90.1 Å². The number of rotatable bonds is 3. The SMILES string of the molecule is CN(Cc1cccnc1)C1CCC(=O)C1. The summed E-state index contributed by atoms with van der Waals surface area (Å²) in [6.45, 7) is 0.881. The first kappa shape index (κ1) is 10.3. The molecule has 3 nitrogen and oxygen atoms in total. The molecule has 0 radical (unpaired) electrons. The fourth-order valence-electron chi connectivity index (χ4n) is 2.08. The average Bonchev–Trinajstić information content (AvgIpc) is 2.66. The lowest BCUT2D eigenvalue weighted by Gasteiger charge is -2.23. The molecule has 80 valence electrons. The molecule has 0 N–H and O–H groups in total. The smallest absolute Gasteiger partial charge is 0.134 e. The lowest BCUT2D eigenvalue weighted by molar-refractivity contribution is -0.117. The molecule has 1 aliphatic rings. The highest BCUT2D eigenvalue weighted by molar-refractivity contribution is 5.81. The lowest BCUT2D eigenvalue weighted by atomic mass is 10.2. The summed E-state index contributed by atoms with van der Waals surface area (Å²) < 4.78 is 0. The minimum Gasteiger partial charge on any atom is -0.300 e. The van der Waals surface area contributed by atoms with Gasteiger partial charge in [-0.1, -0.05) is 6.07 Å². The molecule has 1 aliphatic carbocycles. The first-order valence-electron chi connectivity index (χ1n) is 5.36. The average molecular weight is 204 g/mol. The highest BCUT2D eigenvalue weighted by Crippen LogP contribution is 2.20. The van der Waals surface area contributed by atoms with Crippen LogP contribution in [-0.2, 0) is 11.3 Å². The summed E-state index contributed by atoms with van der Waals surface area (Å²) >= 11 is 0. The van der Waals surface area contributed by atoms with Crippen LogP contribution in [0.5, 0.6) is 0 Å². The van der Waals surface area contributed by atoms with Crippen molar-refractivity contribution in [3.63, 3.8) is 0 Å². The van der Waals surface area contributed by atoms with Gasteiger partial charge in [0.05, 0.1) is 0 Å². The molecule has 0 aliphatic heterocycles. The van der Waals surface area contributed by atoms with E-state index in [2.05, 4.69) is 23.0 Å². The van der Waals surface area contributed by atoms with Crippen LogP contribution in [0.4, 0.5) is 0 Å². The van der Waals surface area contributed by atoms with E-state index in [1.807, 2.05) is 12.3 Å². The van der Waals surface area contributed by atoms with Crippen molar-refractivity contribution in [2.75, 3.05) is 7.05 Å². The largest absolute Gasteiger partial charge is 0.300 e. The fourth-order valence-corrected chi connectivity index (χ4v) is 2.08. The molecule has 3 heteroatoms. The predicted molar refractivity (Wildman–Crippen MR) is 58.4 cm³/mol. The van der Waals surface area contributed by atoms with Gasteiger partial charge in [0.1, 0.15) is 5.78 Å². The van der Waals surface area contributed by atoms with Crippen LogP contribution in [0.2, 0.25) is 0 Å². The quantitative estimate of drug-likeness (QED) is 0.750. The Bertz CT molecular complexity index is 337. The van der Waals surface area contributed by atoms with Crippen molar-refractivity contribution in [3.8, 4) is 0 Å². The number of hydrogen-bond acceptors (Lipinski definition) is 3. The molecular weight excluding hydrogens is 188 g/mol. The molecule has 1 fully saturated rings. The van der Waals surface area contributed by atoms with Crippen molar-refractivity contribution in [2.45, 2.75) is 31.8 Å². The number of hydrogen-bond donors (Lipinski definition) is 0. The number of carbonyl (C=O) groups is 1. The van der Waals surface area contributed by atoms with E-state index in [1.54, 1.807) is 6.20 Å². The van der Waals surface area contributed by atoms with Crippen molar-refractivity contribution in [1.29, 1.82) is 0 Å². The summed E-state index contributed by atoms with van der Waals surface area (Å²) in [6, 6.07) is 4.45. The van der Waals surface area contributed by atoms with Crippen molar-refractivity contribution in [1.82, 2.24) is 9.88 Å². The number of carbonyl (C=O) groups excluding carboxylic acids is 1. The molecule has 1 unspecified atom stereocenters. The molecule has 2 rings (SSSR count). The number of aromatic nitrogens is 1. The van der Waals surface area contributed by atoms with Gasteiger partial charge in [-0.3, -0.25) is 14.7 Å². The van der Waals surface area contributed by atoms with Crippen LogP contribution in [0.3, 0.4) is 0 Å². The van der Waals surface area contributed by atoms with E-state index in [4.69, 9.17) is 0 Å². The van der Waals surface area contributed by atoms with Gasteiger partial charge >= 0.3 is 0 Å². The second kappa shape index (κ2) is 4.53. The van der Waals surface area contributed by atoms with Crippen molar-refractivity contribution in [3.05, 3.63) is 30.1 Å². The molecule has 15 heavy (non-hydrogen) atoms. The van der Waals surface area contributed by atoms with E-state index in [0.29, 0.717) is 11.8 Å². The Hall–Kier alpha value is -1.22. The summed E-state index contributed by atoms with van der Waals surface area (Å²) in [5, 5.41) is 0. The van der Waals surface area contributed by atoms with Gasteiger partial charge in [-0.15, -0.1) is 0 Å². The zero-order chi connectivity index (χ0) is 10.7. The minimum atomic E-state index is 0.401. The van der Waals surface area contributed by atoms with Gasteiger partial charge in [-0.2, -0.15) is 0 Å². The zero-order valence-corrected chi connectivity index (χ0v) is 9.02. The van der Waals surface area contributed by atoms with E-state index in [-0.39, 0.29) is 0 Å². The normalized spacial score (nSPS) is 21.2. The van der Waals surface area contributed by atoms with Crippen LogP contribution in [0, 0.1) is 0 Å². The number of pyridine rings is 1. The predicted octanol–water partition coefficient (Wildman–Crippen LogP) is 1.64. The van der Waals surface area contributed by atoms with E-state index >= 15 is 0 Å². The van der Waals surface area contributed by atoms with E-state index in [9.17, 15) is 4.79 Å². The molecular formula is C12H16N2O. The maximum absolute atomic E-state index is 11.2. The maximum atomic E-state index is 11.2. The second-order valence-electron chi connectivity index (χ2n) is 4.21. The van der Waals surface area contributed by atoms with Crippen LogP contribution in [0.1, 0.15) is 24.8 Å². The number of Topliss-reactive ketones (excluding diaryl/α,β-unsaturated/α-hetero) is 1. The standard InChI is InChI=1S/C12H16N2O/c1-14(11-4-5-12(15)7-11)9-10-3-2-6-13-8-10/h2-3,6,8,11H,4-5,7,9H2,1H3. The molecule has 1 heterocycles. The van der Waals surface area contributed by atoms with Crippen LogP contribution < -0.4 is 0 Å². The Kier molecular flexibility index (Phi) is 3.11. The summed E-state index contributed by atoms with van der Waals surface area (Å²) in [6.07, 6.45) is 6.14. The summed E-state index contributed by atoms with van der Waals surface area (Å²) in [5.74, 6) is 0.401. The third-order valence-corrected chi connectivity index (χ3v) is 3.00. The van der Waals surface area contributed by atoms with Gasteiger partial charge in [0.25, 0.3) is 0 Å². The Morgan fingerprint density at radius 1 is 1.60 bits per heavy atom. The van der Waals surface area contributed by atoms with E-state index < -0.39 is 0 Å². The third-order valence-electron chi connectivity index (χ3n) is 3.00. The van der Waals surface area contributed by atoms with E-state index in [1.165, 1.54) is 5.56 Å². The van der Waals surface area contributed by atoms with Crippen molar-refractivity contribution >= 4 is 5.78 Å². The van der Waals surface area contributed by atoms with Crippen LogP contribution in [-0.4, -0.2) is 28.8 Å². The molecule has 0 saturated heterocycles. The minimum absolute atomic E-state index is 0.401. The van der Waals surface area contributed by atoms with E-state index in [0.717, 1.165) is 25.8 Å². The molecule has 0 aromatic carbocycles. The van der Waals surface area contributed by atoms with Crippen molar-refractivity contribution < 1.29 is 4.79 Å². The monoisotopic (exact) mass is 204 g/mol. The first-order valence-corrected chi connectivity index (χ1v) is 5.36. The summed E-state index contributed by atoms with van der Waals surface area (Å²) in [5.41, 5.74) is 1.21. The van der Waals surface area contributed by atoms with Crippen LogP contribution in [0.25, 0.3) is 0 Å². The Morgan fingerprint density at radius 2 is 2.47 bits per heavy atom. The fraction of sp³-hybridized carbons (Fsp3) is 0.500. The first-order chi connectivity index (χ1) is 7.25. The van der Waals surface area contributed by atoms with Crippen LogP contribution in [0.15, 0.2) is 24.5 Å². The molecule has 1 aromatic heterocycles. The van der Waals surface area contributed by atoms with Gasteiger partial charge < -0.3 is 0 Å². The molecule has 0 amide bonds. The molecule has 1 aromatic rings. The summed E-state index contributed by atoms with van der Waals surface area (Å²) in [4.78, 5) is 17.5. The highest BCUT2D eigenvalue weighted by atomic mass is 16.1. The molecule has 0 bridgehead atoms. The Morgan fingerprint density at radius 3 is 3.07 bits per heavy atom. The lowest BCUT2D eigenvalue weighted by Crippen LogP contribution is -2.29. The van der Waals surface area contributed by atoms with Gasteiger partial charge in [-0.05, 0) is 25.1 Å². The summed E-state index contributed by atoms with van der Waals surface area (Å²) in [7, 11) is 2.08. The highest BCUT2D eigenvalue weighted by Gasteiger charge is 2.25. The molecule has 0 spiro atoms. The number of ketones is 1. The van der Waals surface area contributed by atoms with Gasteiger partial charge in [-0.25, -0.2) is 0 Å². The van der Waals surface area contributed by atoms with Gasteiger partial charge in [0.15, 0.2) is 0 Å². The van der Waals surface area contributed by atoms with Gasteiger partial charge in [0.2, 0.25) is 0 Å². The maximum Gasteiger partial charge on any atom is 0.134 e.